The maximum Gasteiger partial charge on any atom is 0.157 e. The summed E-state index contributed by atoms with van der Waals surface area (Å²) < 4.78 is 0. The molecule has 0 radical (unpaired) electrons. The highest BCUT2D eigenvalue weighted by Gasteiger charge is 2.01. The van der Waals surface area contributed by atoms with Crippen LogP contribution < -0.4 is 11.2 Å². The fourth-order valence-electron chi connectivity index (χ4n) is 1.08. The number of hydrazine groups is 1. The maximum atomic E-state index is 10.0. The van der Waals surface area contributed by atoms with Gasteiger partial charge in [-0.15, -0.1) is 5.43 Å². The molecule has 0 aliphatic carbocycles. The number of benzene rings is 1. The summed E-state index contributed by atoms with van der Waals surface area (Å²) in [4.78, 5) is 10.0. The molecule has 1 rings (SSSR count). The Hall–Kier alpha value is -1.62. The van der Waals surface area contributed by atoms with E-state index in [0.717, 1.165) is 11.1 Å². The Labute approximate surface area is 75.7 Å². The van der Waals surface area contributed by atoms with Crippen molar-refractivity contribution in [2.45, 2.75) is 13.1 Å². The molecule has 5 nitrogen and oxygen atoms in total. The van der Waals surface area contributed by atoms with Gasteiger partial charge in [-0.3, -0.25) is 0 Å². The first kappa shape index (κ1) is 9.47. The van der Waals surface area contributed by atoms with Gasteiger partial charge in [-0.2, -0.15) is 0 Å². The summed E-state index contributed by atoms with van der Waals surface area (Å²) in [5.74, 6) is 0. The topological polar surface area (TPSA) is 81.2 Å². The van der Waals surface area contributed by atoms with Crippen LogP contribution in [-0.2, 0) is 13.1 Å². The highest BCUT2D eigenvalue weighted by atomic mass is 16.7. The molecule has 13 heavy (non-hydrogen) atoms. The van der Waals surface area contributed by atoms with Gasteiger partial charge >= 0.3 is 0 Å². The molecular weight excluding hydrogens is 170 g/mol. The van der Waals surface area contributed by atoms with Gasteiger partial charge in [-0.1, -0.05) is 24.3 Å². The van der Waals surface area contributed by atoms with E-state index < -0.39 is 5.03 Å². The van der Waals surface area contributed by atoms with Gasteiger partial charge in [0.15, 0.2) is 5.03 Å². The van der Waals surface area contributed by atoms with Crippen LogP contribution in [0.4, 0.5) is 0 Å². The molecule has 1 aromatic carbocycles. The van der Waals surface area contributed by atoms with Crippen molar-refractivity contribution in [1.82, 2.24) is 5.43 Å². The number of nitro groups is 1. The second kappa shape index (κ2) is 4.42. The lowest BCUT2D eigenvalue weighted by Gasteiger charge is -2.04. The van der Waals surface area contributed by atoms with Crippen LogP contribution in [-0.4, -0.2) is 5.03 Å². The minimum Gasteiger partial charge on any atom is -0.326 e. The van der Waals surface area contributed by atoms with Crippen molar-refractivity contribution in [3.63, 3.8) is 0 Å². The molecule has 0 aliphatic heterocycles. The average molecular weight is 181 g/mol. The van der Waals surface area contributed by atoms with E-state index >= 15 is 0 Å². The van der Waals surface area contributed by atoms with Crippen LogP contribution in [0, 0.1) is 10.1 Å². The maximum absolute atomic E-state index is 10.0. The van der Waals surface area contributed by atoms with E-state index in [1.165, 1.54) is 0 Å². The fraction of sp³-hybridized carbons (Fsp3) is 0.250. The van der Waals surface area contributed by atoms with Gasteiger partial charge in [0.25, 0.3) is 0 Å². The Kier molecular flexibility index (Phi) is 3.22. The number of nitrogens with two attached hydrogens (primary N) is 1. The minimum absolute atomic E-state index is 0.209. The van der Waals surface area contributed by atoms with Gasteiger partial charge in [0, 0.05) is 6.54 Å². The van der Waals surface area contributed by atoms with Gasteiger partial charge < -0.3 is 5.73 Å². The van der Waals surface area contributed by atoms with Crippen LogP contribution in [0.25, 0.3) is 0 Å². The molecule has 1 aromatic rings. The molecule has 0 amide bonds. The van der Waals surface area contributed by atoms with E-state index in [1.807, 2.05) is 24.3 Å². The largest absolute Gasteiger partial charge is 0.326 e. The van der Waals surface area contributed by atoms with Crippen molar-refractivity contribution in [1.29, 1.82) is 0 Å². The molecule has 0 unspecified atom stereocenters. The van der Waals surface area contributed by atoms with Crippen LogP contribution in [0.5, 0.6) is 0 Å². The molecule has 70 valence electrons. The lowest BCUT2D eigenvalue weighted by atomic mass is 10.1. The average Bonchev–Trinajstić information content (AvgIpc) is 2.15. The molecule has 0 fully saturated rings. The molecule has 0 atom stereocenters. The van der Waals surface area contributed by atoms with E-state index in [0.29, 0.717) is 6.54 Å². The van der Waals surface area contributed by atoms with E-state index in [4.69, 9.17) is 5.73 Å². The van der Waals surface area contributed by atoms with Gasteiger partial charge in [0.1, 0.15) is 6.54 Å². The van der Waals surface area contributed by atoms with Crippen molar-refractivity contribution >= 4 is 0 Å². The normalized spacial score (nSPS) is 9.62. The monoisotopic (exact) mass is 181 g/mol. The highest BCUT2D eigenvalue weighted by molar-refractivity contribution is 5.26. The van der Waals surface area contributed by atoms with E-state index in [1.54, 1.807) is 0 Å². The standard InChI is InChI=1S/C8H11N3O2/c9-5-7-3-1-2-4-8(7)6-10-11(12)13/h1-4,10H,5-6,9H2. The zero-order valence-electron chi connectivity index (χ0n) is 7.06. The minimum atomic E-state index is -0.562. The highest BCUT2D eigenvalue weighted by Crippen LogP contribution is 2.06. The van der Waals surface area contributed by atoms with E-state index in [9.17, 15) is 10.1 Å². The third kappa shape index (κ3) is 2.72. The van der Waals surface area contributed by atoms with E-state index in [2.05, 4.69) is 5.43 Å². The Bertz CT molecular complexity index is 301. The Morgan fingerprint density at radius 1 is 1.38 bits per heavy atom. The number of hydrogen-bond donors (Lipinski definition) is 2. The molecule has 0 heterocycles. The molecule has 0 spiro atoms. The summed E-state index contributed by atoms with van der Waals surface area (Å²) in [5, 5.41) is 9.47. The molecule has 0 saturated heterocycles. The van der Waals surface area contributed by atoms with Gasteiger partial charge in [-0.05, 0) is 11.1 Å². The van der Waals surface area contributed by atoms with Crippen molar-refractivity contribution < 1.29 is 5.03 Å². The van der Waals surface area contributed by atoms with Crippen LogP contribution in [0.1, 0.15) is 11.1 Å². The predicted octanol–water partition coefficient (Wildman–Crippen LogP) is 0.427. The summed E-state index contributed by atoms with van der Waals surface area (Å²) in [5.41, 5.74) is 9.35. The summed E-state index contributed by atoms with van der Waals surface area (Å²) >= 11 is 0. The van der Waals surface area contributed by atoms with E-state index in [-0.39, 0.29) is 6.54 Å². The van der Waals surface area contributed by atoms with Crippen molar-refractivity contribution in [3.8, 4) is 0 Å². The number of nitrogens with one attached hydrogen (secondary N) is 1. The second-order valence-corrected chi connectivity index (χ2v) is 2.56. The third-order valence-electron chi connectivity index (χ3n) is 1.74. The molecular formula is C8H11N3O2. The van der Waals surface area contributed by atoms with Crippen molar-refractivity contribution in [3.05, 3.63) is 45.5 Å². The lowest BCUT2D eigenvalue weighted by molar-refractivity contribution is -0.546. The Morgan fingerprint density at radius 3 is 2.54 bits per heavy atom. The molecule has 0 bridgehead atoms. The first-order valence-electron chi connectivity index (χ1n) is 3.89. The van der Waals surface area contributed by atoms with Crippen LogP contribution in [0.15, 0.2) is 24.3 Å². The van der Waals surface area contributed by atoms with Crippen molar-refractivity contribution in [2.24, 2.45) is 5.73 Å². The van der Waals surface area contributed by atoms with Gasteiger partial charge in [-0.25, -0.2) is 10.1 Å². The molecule has 0 saturated carbocycles. The number of nitrogens with zero attached hydrogens (tertiary/aromatic N) is 1. The first-order chi connectivity index (χ1) is 6.24. The zero-order valence-corrected chi connectivity index (χ0v) is 7.06. The SMILES string of the molecule is NCc1ccccc1CN[N+](=O)[O-]. The zero-order chi connectivity index (χ0) is 9.68. The Morgan fingerprint density at radius 2 is 2.00 bits per heavy atom. The molecule has 0 aromatic heterocycles. The molecule has 0 aliphatic rings. The molecule has 5 heteroatoms. The summed E-state index contributed by atoms with van der Waals surface area (Å²) in [6.45, 7) is 0.607. The number of hydrogen-bond acceptors (Lipinski definition) is 3. The summed E-state index contributed by atoms with van der Waals surface area (Å²) in [6.07, 6.45) is 0. The Balaban J connectivity index is 2.69. The van der Waals surface area contributed by atoms with Gasteiger partial charge in [0.05, 0.1) is 0 Å². The summed E-state index contributed by atoms with van der Waals surface area (Å²) in [7, 11) is 0. The third-order valence-corrected chi connectivity index (χ3v) is 1.74. The van der Waals surface area contributed by atoms with Crippen LogP contribution in [0.2, 0.25) is 0 Å². The first-order valence-corrected chi connectivity index (χ1v) is 3.89. The predicted molar refractivity (Wildman–Crippen MR) is 48.2 cm³/mol. The van der Waals surface area contributed by atoms with Crippen molar-refractivity contribution in [2.75, 3.05) is 0 Å². The quantitative estimate of drug-likeness (QED) is 0.521. The summed E-state index contributed by atoms with van der Waals surface area (Å²) in [6, 6.07) is 7.36. The molecule has 3 N–H and O–H groups in total. The van der Waals surface area contributed by atoms with Crippen LogP contribution in [0.3, 0.4) is 0 Å². The smallest absolute Gasteiger partial charge is 0.157 e. The van der Waals surface area contributed by atoms with Crippen LogP contribution >= 0.6 is 0 Å². The number of rotatable bonds is 4. The second-order valence-electron chi connectivity index (χ2n) is 2.56. The lowest BCUT2D eigenvalue weighted by Crippen LogP contribution is -2.21. The van der Waals surface area contributed by atoms with Gasteiger partial charge in [0.2, 0.25) is 0 Å². The fourth-order valence-corrected chi connectivity index (χ4v) is 1.08.